The van der Waals surface area contributed by atoms with E-state index in [1.165, 1.54) is 11.3 Å². The van der Waals surface area contributed by atoms with E-state index in [-0.39, 0.29) is 11.9 Å². The third-order valence-electron chi connectivity index (χ3n) is 3.05. The van der Waals surface area contributed by atoms with E-state index in [1.54, 1.807) is 16.3 Å². The summed E-state index contributed by atoms with van der Waals surface area (Å²) >= 11 is 1.45. The van der Waals surface area contributed by atoms with Crippen LogP contribution in [0, 0.1) is 5.92 Å². The van der Waals surface area contributed by atoms with Gasteiger partial charge >= 0.3 is 0 Å². The van der Waals surface area contributed by atoms with Gasteiger partial charge in [0.15, 0.2) is 0 Å². The lowest BCUT2D eigenvalue weighted by Gasteiger charge is -2.16. The van der Waals surface area contributed by atoms with Crippen LogP contribution in [0.1, 0.15) is 31.3 Å². The summed E-state index contributed by atoms with van der Waals surface area (Å²) in [5, 5.41) is 9.65. The molecule has 1 unspecified atom stereocenters. The Kier molecular flexibility index (Phi) is 3.99. The Bertz CT molecular complexity index is 573. The molecule has 2 aromatic heterocycles. The maximum Gasteiger partial charge on any atom is 0.270 e. The normalized spacial score (nSPS) is 12.7. The number of nitrogens with zero attached hydrogens (tertiary/aromatic N) is 3. The lowest BCUT2D eigenvalue weighted by atomic mass is 10.1. The van der Waals surface area contributed by atoms with Gasteiger partial charge in [-0.15, -0.1) is 11.3 Å². The maximum atomic E-state index is 12.0. The molecule has 2 heterocycles. The van der Waals surface area contributed by atoms with Crippen LogP contribution in [-0.4, -0.2) is 26.7 Å². The second kappa shape index (κ2) is 5.52. The number of aromatic nitrogens is 3. The molecule has 0 aromatic carbocycles. The zero-order chi connectivity index (χ0) is 14.0. The zero-order valence-corrected chi connectivity index (χ0v) is 12.4. The number of thiazole rings is 1. The van der Waals surface area contributed by atoms with Gasteiger partial charge in [0.05, 0.1) is 6.20 Å². The minimum absolute atomic E-state index is 0.118. The Balaban J connectivity index is 2.11. The largest absolute Gasteiger partial charge is 0.348 e. The molecule has 1 amide bonds. The van der Waals surface area contributed by atoms with Crippen molar-refractivity contribution in [2.75, 3.05) is 0 Å². The summed E-state index contributed by atoms with van der Waals surface area (Å²) in [5.74, 6) is 0.285. The number of carbonyl (C=O) groups excluding carboxylic acids is 1. The highest BCUT2D eigenvalue weighted by molar-refractivity contribution is 7.13. The third kappa shape index (κ3) is 3.20. The summed E-state index contributed by atoms with van der Waals surface area (Å²) in [7, 11) is 1.86. The van der Waals surface area contributed by atoms with Crippen LogP contribution in [0.5, 0.6) is 0 Å². The monoisotopic (exact) mass is 278 g/mol. The Hall–Kier alpha value is -1.69. The van der Waals surface area contributed by atoms with Gasteiger partial charge in [0, 0.05) is 30.2 Å². The Morgan fingerprint density at radius 2 is 2.16 bits per heavy atom. The van der Waals surface area contributed by atoms with Gasteiger partial charge in [0.1, 0.15) is 10.7 Å². The van der Waals surface area contributed by atoms with Gasteiger partial charge < -0.3 is 5.32 Å². The topological polar surface area (TPSA) is 59.8 Å². The Morgan fingerprint density at radius 3 is 2.74 bits per heavy atom. The van der Waals surface area contributed by atoms with E-state index in [4.69, 9.17) is 0 Å². The first kappa shape index (κ1) is 13.7. The van der Waals surface area contributed by atoms with Crippen molar-refractivity contribution in [3.8, 4) is 10.6 Å². The van der Waals surface area contributed by atoms with E-state index in [0.29, 0.717) is 11.6 Å². The molecule has 0 aliphatic carbocycles. The standard InChI is InChI=1S/C13H18N4OS/c1-8(2)9(3)15-12(18)11-7-19-13(16-11)10-5-14-17(4)6-10/h5-9H,1-4H3,(H,15,18). The number of nitrogens with one attached hydrogen (secondary N) is 1. The van der Waals surface area contributed by atoms with Crippen LogP contribution < -0.4 is 5.32 Å². The van der Waals surface area contributed by atoms with Crippen LogP contribution >= 0.6 is 11.3 Å². The number of aryl methyl sites for hydroxylation is 1. The van der Waals surface area contributed by atoms with Gasteiger partial charge in [0.2, 0.25) is 0 Å². The smallest absolute Gasteiger partial charge is 0.270 e. The van der Waals surface area contributed by atoms with Crippen molar-refractivity contribution in [2.24, 2.45) is 13.0 Å². The van der Waals surface area contributed by atoms with Gasteiger partial charge in [-0.2, -0.15) is 5.10 Å². The molecular formula is C13H18N4OS. The van der Waals surface area contributed by atoms with E-state index in [0.717, 1.165) is 10.6 Å². The van der Waals surface area contributed by atoms with Crippen LogP contribution in [0.3, 0.4) is 0 Å². The number of rotatable bonds is 4. The first-order chi connectivity index (χ1) is 8.97. The van der Waals surface area contributed by atoms with Crippen molar-refractivity contribution >= 4 is 17.2 Å². The minimum Gasteiger partial charge on any atom is -0.348 e. The van der Waals surface area contributed by atoms with Crippen molar-refractivity contribution in [3.05, 3.63) is 23.5 Å². The van der Waals surface area contributed by atoms with Crippen LogP contribution in [0.25, 0.3) is 10.6 Å². The molecule has 0 saturated carbocycles. The maximum absolute atomic E-state index is 12.0. The molecule has 1 N–H and O–H groups in total. The average molecular weight is 278 g/mol. The first-order valence-electron chi connectivity index (χ1n) is 6.22. The quantitative estimate of drug-likeness (QED) is 0.933. The molecule has 19 heavy (non-hydrogen) atoms. The molecular weight excluding hydrogens is 260 g/mol. The molecule has 1 atom stereocenters. The fourth-order valence-corrected chi connectivity index (χ4v) is 2.27. The van der Waals surface area contributed by atoms with Crippen molar-refractivity contribution in [1.82, 2.24) is 20.1 Å². The number of carbonyl (C=O) groups is 1. The lowest BCUT2D eigenvalue weighted by Crippen LogP contribution is -2.36. The number of amides is 1. The van der Waals surface area contributed by atoms with Crippen LogP contribution in [0.2, 0.25) is 0 Å². The zero-order valence-electron chi connectivity index (χ0n) is 11.5. The molecule has 0 fully saturated rings. The predicted molar refractivity (Wildman–Crippen MR) is 76.1 cm³/mol. The fraction of sp³-hybridized carbons (Fsp3) is 0.462. The SMILES string of the molecule is CC(C)C(C)NC(=O)c1csc(-c2cnn(C)c2)n1. The summed E-state index contributed by atoms with van der Waals surface area (Å²) in [4.78, 5) is 16.4. The molecule has 0 saturated heterocycles. The minimum atomic E-state index is -0.118. The average Bonchev–Trinajstić information content (AvgIpc) is 2.96. The molecule has 2 rings (SSSR count). The summed E-state index contributed by atoms with van der Waals surface area (Å²) < 4.78 is 1.72. The van der Waals surface area contributed by atoms with Gasteiger partial charge in [-0.1, -0.05) is 13.8 Å². The number of hydrogen-bond donors (Lipinski definition) is 1. The molecule has 0 aliphatic heterocycles. The Labute approximate surface area is 116 Å². The highest BCUT2D eigenvalue weighted by Gasteiger charge is 2.16. The summed E-state index contributed by atoms with van der Waals surface area (Å²) in [5.41, 5.74) is 1.40. The molecule has 6 heteroatoms. The van der Waals surface area contributed by atoms with Crippen molar-refractivity contribution < 1.29 is 4.79 Å². The molecule has 5 nitrogen and oxygen atoms in total. The third-order valence-corrected chi connectivity index (χ3v) is 3.94. The van der Waals surface area contributed by atoms with E-state index in [9.17, 15) is 4.79 Å². The second-order valence-corrected chi connectivity index (χ2v) is 5.80. The molecule has 0 aliphatic rings. The Morgan fingerprint density at radius 1 is 1.42 bits per heavy atom. The summed E-state index contributed by atoms with van der Waals surface area (Å²) in [6, 6.07) is 0.135. The molecule has 0 bridgehead atoms. The molecule has 0 radical (unpaired) electrons. The number of hydrogen-bond acceptors (Lipinski definition) is 4. The highest BCUT2D eigenvalue weighted by atomic mass is 32.1. The van der Waals surface area contributed by atoms with E-state index < -0.39 is 0 Å². The van der Waals surface area contributed by atoms with Crippen molar-refractivity contribution in [2.45, 2.75) is 26.8 Å². The van der Waals surface area contributed by atoms with Gasteiger partial charge in [0.25, 0.3) is 5.91 Å². The van der Waals surface area contributed by atoms with E-state index in [1.807, 2.05) is 20.2 Å². The van der Waals surface area contributed by atoms with Crippen LogP contribution in [0.4, 0.5) is 0 Å². The first-order valence-corrected chi connectivity index (χ1v) is 7.10. The molecule has 102 valence electrons. The van der Waals surface area contributed by atoms with Crippen molar-refractivity contribution in [3.63, 3.8) is 0 Å². The van der Waals surface area contributed by atoms with Gasteiger partial charge in [-0.05, 0) is 12.8 Å². The summed E-state index contributed by atoms with van der Waals surface area (Å²) in [6.45, 7) is 6.15. The van der Waals surface area contributed by atoms with E-state index in [2.05, 4.69) is 29.2 Å². The molecule has 2 aromatic rings. The van der Waals surface area contributed by atoms with Crippen molar-refractivity contribution in [1.29, 1.82) is 0 Å². The van der Waals surface area contributed by atoms with Crippen LogP contribution in [0.15, 0.2) is 17.8 Å². The highest BCUT2D eigenvalue weighted by Crippen LogP contribution is 2.22. The molecule has 0 spiro atoms. The summed E-state index contributed by atoms with van der Waals surface area (Å²) in [6.07, 6.45) is 3.63. The fourth-order valence-electron chi connectivity index (χ4n) is 1.49. The second-order valence-electron chi connectivity index (χ2n) is 4.95. The van der Waals surface area contributed by atoms with E-state index >= 15 is 0 Å². The van der Waals surface area contributed by atoms with Gasteiger partial charge in [-0.25, -0.2) is 4.98 Å². The van der Waals surface area contributed by atoms with Crippen LogP contribution in [-0.2, 0) is 7.05 Å². The van der Waals surface area contributed by atoms with Gasteiger partial charge in [-0.3, -0.25) is 9.48 Å². The lowest BCUT2D eigenvalue weighted by molar-refractivity contribution is 0.0926. The predicted octanol–water partition coefficient (Wildman–Crippen LogP) is 2.32.